The number of nitrogens with zero attached hydrogens (tertiary/aromatic N) is 1. The van der Waals surface area contributed by atoms with E-state index in [-0.39, 0.29) is 18.4 Å². The average molecular weight is 283 g/mol. The fourth-order valence-corrected chi connectivity index (χ4v) is 2.00. The van der Waals surface area contributed by atoms with Crippen LogP contribution in [0.3, 0.4) is 0 Å². The Morgan fingerprint density at radius 1 is 1.31 bits per heavy atom. The molecule has 4 nitrogen and oxygen atoms in total. The highest BCUT2D eigenvalue weighted by atomic mass is 79.9. The summed E-state index contributed by atoms with van der Waals surface area (Å²) >= 11 is 3.36. The smallest absolute Gasteiger partial charge is 0.246 e. The van der Waals surface area contributed by atoms with E-state index in [9.17, 15) is 9.59 Å². The Morgan fingerprint density at radius 2 is 2.12 bits per heavy atom. The van der Waals surface area contributed by atoms with Crippen LogP contribution < -0.4 is 10.2 Å². The molecular formula is C11H11BrN2O2. The van der Waals surface area contributed by atoms with Gasteiger partial charge in [0.1, 0.15) is 0 Å². The quantitative estimate of drug-likeness (QED) is 0.844. The number of nitrogens with one attached hydrogen (secondary N) is 1. The van der Waals surface area contributed by atoms with Crippen molar-refractivity contribution in [1.82, 2.24) is 5.32 Å². The first kappa shape index (κ1) is 11.1. The van der Waals surface area contributed by atoms with Crippen LogP contribution in [-0.2, 0) is 9.59 Å². The normalized spacial score (nSPS) is 16.9. The number of carbonyl (C=O) groups excluding carboxylic acids is 2. The van der Waals surface area contributed by atoms with Crippen molar-refractivity contribution in [3.63, 3.8) is 0 Å². The topological polar surface area (TPSA) is 49.4 Å². The Hall–Kier alpha value is -1.36. The van der Waals surface area contributed by atoms with Crippen molar-refractivity contribution in [2.24, 2.45) is 0 Å². The number of benzene rings is 1. The summed E-state index contributed by atoms with van der Waals surface area (Å²) in [5.41, 5.74) is 0.816. The lowest BCUT2D eigenvalue weighted by molar-refractivity contribution is -0.123. The molecule has 1 saturated heterocycles. The molecule has 0 spiro atoms. The third-order valence-corrected chi connectivity index (χ3v) is 2.91. The number of carbonyl (C=O) groups is 2. The molecule has 1 aliphatic heterocycles. The number of hydrogen-bond donors (Lipinski definition) is 1. The highest BCUT2D eigenvalue weighted by Crippen LogP contribution is 2.20. The van der Waals surface area contributed by atoms with Gasteiger partial charge in [-0.2, -0.15) is 0 Å². The maximum atomic E-state index is 11.8. The van der Waals surface area contributed by atoms with Gasteiger partial charge in [0.05, 0.1) is 6.54 Å². The minimum atomic E-state index is -0.0797. The summed E-state index contributed by atoms with van der Waals surface area (Å²) in [6.07, 6.45) is 0.345. The molecule has 84 valence electrons. The van der Waals surface area contributed by atoms with Gasteiger partial charge in [-0.1, -0.05) is 22.0 Å². The van der Waals surface area contributed by atoms with E-state index in [0.717, 1.165) is 10.2 Å². The molecule has 16 heavy (non-hydrogen) atoms. The number of hydrogen-bond acceptors (Lipinski definition) is 2. The molecule has 2 amide bonds. The van der Waals surface area contributed by atoms with Gasteiger partial charge in [-0.15, -0.1) is 0 Å². The molecule has 1 N–H and O–H groups in total. The molecule has 0 radical (unpaired) electrons. The van der Waals surface area contributed by atoms with Crippen molar-refractivity contribution in [3.8, 4) is 0 Å². The van der Waals surface area contributed by atoms with E-state index in [0.29, 0.717) is 13.0 Å². The lowest BCUT2D eigenvalue weighted by atomic mass is 10.2. The Morgan fingerprint density at radius 3 is 2.88 bits per heavy atom. The van der Waals surface area contributed by atoms with Crippen molar-refractivity contribution in [2.45, 2.75) is 6.42 Å². The lowest BCUT2D eigenvalue weighted by Crippen LogP contribution is -2.35. The monoisotopic (exact) mass is 282 g/mol. The Bertz CT molecular complexity index is 434. The van der Waals surface area contributed by atoms with Crippen LogP contribution in [0, 0.1) is 0 Å². The van der Waals surface area contributed by atoms with Crippen LogP contribution in [0.4, 0.5) is 5.69 Å². The summed E-state index contributed by atoms with van der Waals surface area (Å²) in [6, 6.07) is 7.49. The van der Waals surface area contributed by atoms with E-state index in [1.54, 1.807) is 4.90 Å². The molecule has 0 atom stereocenters. The van der Waals surface area contributed by atoms with E-state index in [1.165, 1.54) is 0 Å². The third-order valence-electron chi connectivity index (χ3n) is 2.42. The molecule has 1 aromatic carbocycles. The van der Waals surface area contributed by atoms with Gasteiger partial charge in [-0.05, 0) is 18.2 Å². The minimum Gasteiger partial charge on any atom is -0.347 e. The molecule has 1 heterocycles. The molecule has 1 aliphatic rings. The molecule has 1 fully saturated rings. The minimum absolute atomic E-state index is 0.0747. The second-order valence-corrected chi connectivity index (χ2v) is 4.47. The summed E-state index contributed by atoms with van der Waals surface area (Å²) in [4.78, 5) is 24.6. The molecule has 2 rings (SSSR count). The fraction of sp³-hybridized carbons (Fsp3) is 0.273. The van der Waals surface area contributed by atoms with E-state index in [4.69, 9.17) is 0 Å². The van der Waals surface area contributed by atoms with Crippen LogP contribution in [0.15, 0.2) is 28.7 Å². The Labute approximate surface area is 102 Å². The van der Waals surface area contributed by atoms with Crippen LogP contribution in [-0.4, -0.2) is 24.9 Å². The van der Waals surface area contributed by atoms with E-state index in [1.807, 2.05) is 24.3 Å². The zero-order valence-electron chi connectivity index (χ0n) is 8.57. The standard InChI is InChI=1S/C11H11BrN2O2/c12-8-2-1-3-9(6-8)14-5-4-10(15)13-7-11(14)16/h1-3,6H,4-5,7H2,(H,13,15). The van der Waals surface area contributed by atoms with Gasteiger partial charge in [0, 0.05) is 23.1 Å². The summed E-state index contributed by atoms with van der Waals surface area (Å²) in [5.74, 6) is -0.158. The highest BCUT2D eigenvalue weighted by Gasteiger charge is 2.21. The highest BCUT2D eigenvalue weighted by molar-refractivity contribution is 9.10. The van der Waals surface area contributed by atoms with E-state index >= 15 is 0 Å². The molecular weight excluding hydrogens is 272 g/mol. The van der Waals surface area contributed by atoms with Crippen molar-refractivity contribution in [2.75, 3.05) is 18.0 Å². The Kier molecular flexibility index (Phi) is 3.24. The van der Waals surface area contributed by atoms with Crippen molar-refractivity contribution in [3.05, 3.63) is 28.7 Å². The van der Waals surface area contributed by atoms with Crippen LogP contribution in [0.1, 0.15) is 6.42 Å². The first-order valence-corrected chi connectivity index (χ1v) is 5.79. The second kappa shape index (κ2) is 4.65. The fourth-order valence-electron chi connectivity index (χ4n) is 1.61. The summed E-state index contributed by atoms with van der Waals surface area (Å²) in [6.45, 7) is 0.506. The van der Waals surface area contributed by atoms with Crippen molar-refractivity contribution in [1.29, 1.82) is 0 Å². The number of rotatable bonds is 1. The maximum Gasteiger partial charge on any atom is 0.246 e. The molecule has 0 saturated carbocycles. The zero-order valence-corrected chi connectivity index (χ0v) is 10.2. The average Bonchev–Trinajstić information content (AvgIpc) is 2.42. The van der Waals surface area contributed by atoms with Crippen LogP contribution >= 0.6 is 15.9 Å². The number of anilines is 1. The van der Waals surface area contributed by atoms with Crippen molar-refractivity contribution < 1.29 is 9.59 Å². The van der Waals surface area contributed by atoms with Gasteiger partial charge < -0.3 is 10.2 Å². The number of halogens is 1. The van der Waals surface area contributed by atoms with Crippen LogP contribution in [0.25, 0.3) is 0 Å². The maximum absolute atomic E-state index is 11.8. The number of amides is 2. The summed E-state index contributed by atoms with van der Waals surface area (Å²) < 4.78 is 0.918. The third kappa shape index (κ3) is 2.41. The Balaban J connectivity index is 2.25. The summed E-state index contributed by atoms with van der Waals surface area (Å²) in [5, 5.41) is 2.57. The molecule has 5 heteroatoms. The van der Waals surface area contributed by atoms with Gasteiger partial charge in [0.2, 0.25) is 11.8 Å². The summed E-state index contributed by atoms with van der Waals surface area (Å²) in [7, 11) is 0. The molecule has 0 aliphatic carbocycles. The van der Waals surface area contributed by atoms with E-state index < -0.39 is 0 Å². The predicted octanol–water partition coefficient (Wildman–Crippen LogP) is 1.30. The van der Waals surface area contributed by atoms with Crippen LogP contribution in [0.5, 0.6) is 0 Å². The molecule has 0 bridgehead atoms. The largest absolute Gasteiger partial charge is 0.347 e. The first-order valence-electron chi connectivity index (χ1n) is 4.99. The second-order valence-electron chi connectivity index (χ2n) is 3.55. The van der Waals surface area contributed by atoms with E-state index in [2.05, 4.69) is 21.2 Å². The SMILES string of the molecule is O=C1CCN(c2cccc(Br)c2)C(=O)CN1. The van der Waals surface area contributed by atoms with Crippen molar-refractivity contribution >= 4 is 33.4 Å². The predicted molar refractivity (Wildman–Crippen MR) is 64.1 cm³/mol. The zero-order chi connectivity index (χ0) is 11.5. The van der Waals surface area contributed by atoms with Crippen LogP contribution in [0.2, 0.25) is 0 Å². The van der Waals surface area contributed by atoms with Gasteiger partial charge in [-0.25, -0.2) is 0 Å². The molecule has 0 aromatic heterocycles. The molecule has 1 aromatic rings. The van der Waals surface area contributed by atoms with Gasteiger partial charge >= 0.3 is 0 Å². The van der Waals surface area contributed by atoms with Gasteiger partial charge in [0.25, 0.3) is 0 Å². The molecule has 0 unspecified atom stereocenters. The first-order chi connectivity index (χ1) is 7.66. The van der Waals surface area contributed by atoms with Gasteiger partial charge in [0.15, 0.2) is 0 Å². The van der Waals surface area contributed by atoms with Gasteiger partial charge in [-0.3, -0.25) is 9.59 Å². The lowest BCUT2D eigenvalue weighted by Gasteiger charge is -2.19.